The zero-order valence-electron chi connectivity index (χ0n) is 6.73. The predicted octanol–water partition coefficient (Wildman–Crippen LogP) is 1.41. The van der Waals surface area contributed by atoms with E-state index in [1.165, 1.54) is 16.7 Å². The fraction of sp³-hybridized carbons (Fsp3) is 0.333. The van der Waals surface area contributed by atoms with Crippen LogP contribution in [-0.4, -0.2) is 7.85 Å². The van der Waals surface area contributed by atoms with E-state index in [1.807, 2.05) is 6.07 Å². The second-order valence-electron chi connectivity index (χ2n) is 2.72. The van der Waals surface area contributed by atoms with Crippen molar-refractivity contribution in [2.45, 2.75) is 20.8 Å². The summed E-state index contributed by atoms with van der Waals surface area (Å²) in [6.45, 7) is 6.25. The smallest absolute Gasteiger partial charge is 0.0935 e. The lowest BCUT2D eigenvalue weighted by Crippen LogP contribution is -2.08. The van der Waals surface area contributed by atoms with Crippen LogP contribution in [-0.2, 0) is 0 Å². The van der Waals surface area contributed by atoms with Crippen LogP contribution in [0.3, 0.4) is 0 Å². The fourth-order valence-corrected chi connectivity index (χ4v) is 0.977. The van der Waals surface area contributed by atoms with Gasteiger partial charge in [0.1, 0.15) is 7.85 Å². The highest BCUT2D eigenvalue weighted by Gasteiger charge is 1.97. The van der Waals surface area contributed by atoms with Gasteiger partial charge in [-0.3, -0.25) is 0 Å². The van der Waals surface area contributed by atoms with E-state index in [4.69, 9.17) is 7.85 Å². The number of hydrogen-bond acceptors (Lipinski definition) is 0. The molecule has 0 aliphatic rings. The van der Waals surface area contributed by atoms with Crippen LogP contribution in [0.25, 0.3) is 0 Å². The van der Waals surface area contributed by atoms with Gasteiger partial charge in [0.25, 0.3) is 0 Å². The van der Waals surface area contributed by atoms with Crippen LogP contribution < -0.4 is 5.46 Å². The van der Waals surface area contributed by atoms with Crippen molar-refractivity contribution in [3.63, 3.8) is 0 Å². The first-order valence-corrected chi connectivity index (χ1v) is 3.45. The Labute approximate surface area is 63.7 Å². The number of hydrogen-bond donors (Lipinski definition) is 0. The summed E-state index contributed by atoms with van der Waals surface area (Å²) in [6, 6.07) is 4.01. The molecule has 0 saturated carbocycles. The minimum absolute atomic E-state index is 0.892. The average molecular weight is 130 g/mol. The quantitative estimate of drug-likeness (QED) is 0.465. The van der Waals surface area contributed by atoms with Crippen molar-refractivity contribution in [2.24, 2.45) is 0 Å². The lowest BCUT2D eigenvalue weighted by atomic mass is 9.87. The Hall–Kier alpha value is -0.715. The molecule has 0 nitrogen and oxygen atoms in total. The van der Waals surface area contributed by atoms with Crippen LogP contribution in [0, 0.1) is 20.8 Å². The maximum atomic E-state index is 5.69. The summed E-state index contributed by atoms with van der Waals surface area (Å²) < 4.78 is 0. The topological polar surface area (TPSA) is 0 Å². The maximum Gasteiger partial charge on any atom is 0.114 e. The largest absolute Gasteiger partial charge is 0.114 e. The molecule has 0 atom stereocenters. The van der Waals surface area contributed by atoms with E-state index in [2.05, 4.69) is 26.8 Å². The molecule has 0 unspecified atom stereocenters. The van der Waals surface area contributed by atoms with E-state index in [9.17, 15) is 0 Å². The van der Waals surface area contributed by atoms with Crippen LogP contribution in [0.2, 0.25) is 0 Å². The first-order valence-electron chi connectivity index (χ1n) is 3.45. The normalized spacial score (nSPS) is 9.90. The lowest BCUT2D eigenvalue weighted by Gasteiger charge is -2.06. The van der Waals surface area contributed by atoms with Gasteiger partial charge in [-0.25, -0.2) is 0 Å². The molecule has 1 heteroatoms. The third-order valence-corrected chi connectivity index (χ3v) is 2.10. The van der Waals surface area contributed by atoms with Crippen molar-refractivity contribution in [3.05, 3.63) is 28.8 Å². The highest BCUT2D eigenvalue weighted by atomic mass is 14.0. The summed E-state index contributed by atoms with van der Waals surface area (Å²) in [4.78, 5) is 0. The van der Waals surface area contributed by atoms with Gasteiger partial charge in [0.15, 0.2) is 0 Å². The zero-order valence-corrected chi connectivity index (χ0v) is 6.73. The molecule has 0 fully saturated rings. The lowest BCUT2D eigenvalue weighted by molar-refractivity contribution is 1.28. The third kappa shape index (κ3) is 1.09. The van der Waals surface area contributed by atoms with Gasteiger partial charge in [-0.2, -0.15) is 0 Å². The molecule has 2 radical (unpaired) electrons. The average Bonchev–Trinajstić information content (AvgIpc) is 1.93. The summed E-state index contributed by atoms with van der Waals surface area (Å²) >= 11 is 0. The summed E-state index contributed by atoms with van der Waals surface area (Å²) in [7, 11) is 5.69. The molecule has 0 heterocycles. The highest BCUT2D eigenvalue weighted by Crippen LogP contribution is 2.07. The molecule has 1 aromatic rings. The molecule has 0 saturated heterocycles. The molecule has 0 spiro atoms. The molecule has 0 amide bonds. The van der Waals surface area contributed by atoms with E-state index in [0.717, 1.165) is 5.46 Å². The Balaban J connectivity index is 3.34. The zero-order chi connectivity index (χ0) is 7.72. The Morgan fingerprint density at radius 1 is 1.00 bits per heavy atom. The van der Waals surface area contributed by atoms with Gasteiger partial charge >= 0.3 is 0 Å². The van der Waals surface area contributed by atoms with Crippen LogP contribution in [0.15, 0.2) is 12.1 Å². The van der Waals surface area contributed by atoms with E-state index in [0.29, 0.717) is 0 Å². The van der Waals surface area contributed by atoms with Crippen molar-refractivity contribution in [1.29, 1.82) is 0 Å². The number of benzene rings is 1. The highest BCUT2D eigenvalue weighted by molar-refractivity contribution is 6.33. The summed E-state index contributed by atoms with van der Waals surface area (Å²) in [6.07, 6.45) is 0. The fourth-order valence-electron chi connectivity index (χ4n) is 0.977. The Bertz CT molecular complexity index is 224. The third-order valence-electron chi connectivity index (χ3n) is 2.10. The number of rotatable bonds is 0. The Morgan fingerprint density at radius 2 is 1.60 bits per heavy atom. The monoisotopic (exact) mass is 130 g/mol. The minimum atomic E-state index is 0.892. The molecule has 0 aliphatic heterocycles. The van der Waals surface area contributed by atoms with E-state index < -0.39 is 0 Å². The van der Waals surface area contributed by atoms with E-state index in [1.54, 1.807) is 0 Å². The SMILES string of the molecule is [B]c1ccc(C)c(C)c1C. The van der Waals surface area contributed by atoms with Gasteiger partial charge in [0.2, 0.25) is 0 Å². The summed E-state index contributed by atoms with van der Waals surface area (Å²) in [5, 5.41) is 0. The first-order chi connectivity index (χ1) is 4.63. The molecule has 1 aromatic carbocycles. The van der Waals surface area contributed by atoms with Crippen molar-refractivity contribution < 1.29 is 0 Å². The number of aryl methyl sites for hydroxylation is 1. The minimum Gasteiger partial charge on any atom is -0.0935 e. The van der Waals surface area contributed by atoms with Crippen LogP contribution in [0.5, 0.6) is 0 Å². The summed E-state index contributed by atoms with van der Waals surface area (Å²) in [5.41, 5.74) is 4.72. The Kier molecular flexibility index (Phi) is 1.84. The summed E-state index contributed by atoms with van der Waals surface area (Å²) in [5.74, 6) is 0. The molecule has 1 rings (SSSR count). The van der Waals surface area contributed by atoms with Gasteiger partial charge in [-0.15, -0.1) is 0 Å². The molecular weight excluding hydrogens is 119 g/mol. The predicted molar refractivity (Wildman–Crippen MR) is 46.0 cm³/mol. The molecular formula is C9H11B. The van der Waals surface area contributed by atoms with E-state index >= 15 is 0 Å². The van der Waals surface area contributed by atoms with Gasteiger partial charge in [-0.05, 0) is 31.9 Å². The molecule has 50 valence electrons. The van der Waals surface area contributed by atoms with Crippen molar-refractivity contribution in [2.75, 3.05) is 0 Å². The van der Waals surface area contributed by atoms with Crippen molar-refractivity contribution in [1.82, 2.24) is 0 Å². The van der Waals surface area contributed by atoms with Gasteiger partial charge in [-0.1, -0.05) is 23.2 Å². The van der Waals surface area contributed by atoms with Crippen molar-refractivity contribution >= 4 is 13.3 Å². The van der Waals surface area contributed by atoms with E-state index in [-0.39, 0.29) is 0 Å². The van der Waals surface area contributed by atoms with Crippen molar-refractivity contribution in [3.8, 4) is 0 Å². The Morgan fingerprint density at radius 3 is 2.10 bits per heavy atom. The van der Waals surface area contributed by atoms with Gasteiger partial charge in [0.05, 0.1) is 0 Å². The molecule has 0 N–H and O–H groups in total. The second-order valence-corrected chi connectivity index (χ2v) is 2.72. The molecule has 10 heavy (non-hydrogen) atoms. The van der Waals surface area contributed by atoms with Crippen LogP contribution in [0.4, 0.5) is 0 Å². The van der Waals surface area contributed by atoms with Gasteiger partial charge in [0, 0.05) is 0 Å². The van der Waals surface area contributed by atoms with Crippen LogP contribution in [0.1, 0.15) is 16.7 Å². The standard InChI is InChI=1S/C9H11B/c1-6-4-5-9(10)8(3)7(6)2/h4-5H,1-3H3. The first kappa shape index (κ1) is 7.39. The van der Waals surface area contributed by atoms with Crippen LogP contribution >= 0.6 is 0 Å². The molecule has 0 aliphatic carbocycles. The second kappa shape index (κ2) is 2.49. The molecule has 0 bridgehead atoms. The van der Waals surface area contributed by atoms with Gasteiger partial charge < -0.3 is 0 Å². The molecule has 0 aromatic heterocycles. The maximum absolute atomic E-state index is 5.69.